The molecule has 94 valence electrons. The van der Waals surface area contributed by atoms with Crippen LogP contribution in [-0.4, -0.2) is 23.7 Å². The Morgan fingerprint density at radius 1 is 1.29 bits per heavy atom. The Balaban J connectivity index is 2.06. The fourth-order valence-corrected chi connectivity index (χ4v) is 2.83. The third-order valence-electron chi connectivity index (χ3n) is 3.58. The first-order valence-corrected chi connectivity index (χ1v) is 6.08. The maximum Gasteiger partial charge on any atom is 0.310 e. The van der Waals surface area contributed by atoms with E-state index >= 15 is 0 Å². The number of rotatable bonds is 4. The number of hydrogen-bond acceptors (Lipinski definition) is 3. The van der Waals surface area contributed by atoms with E-state index in [9.17, 15) is 14.7 Å². The molecule has 0 aliphatic heterocycles. The summed E-state index contributed by atoms with van der Waals surface area (Å²) in [4.78, 5) is 23.1. The number of fused-ring (bicyclic) bond motifs is 2. The lowest BCUT2D eigenvalue weighted by Gasteiger charge is -2.23. The summed E-state index contributed by atoms with van der Waals surface area (Å²) in [6.45, 7) is 4.29. The van der Waals surface area contributed by atoms with E-state index in [1.54, 1.807) is 0 Å². The van der Waals surface area contributed by atoms with E-state index in [1.165, 1.54) is 0 Å². The number of aliphatic carboxylic acids is 1. The van der Waals surface area contributed by atoms with Crippen LogP contribution in [0.1, 0.15) is 20.3 Å². The summed E-state index contributed by atoms with van der Waals surface area (Å²) >= 11 is 0. The highest BCUT2D eigenvalue weighted by molar-refractivity contribution is 5.83. The van der Waals surface area contributed by atoms with E-state index in [4.69, 9.17) is 4.74 Å². The highest BCUT2D eigenvalue weighted by Gasteiger charge is 2.52. The summed E-state index contributed by atoms with van der Waals surface area (Å²) in [5, 5.41) is 9.19. The van der Waals surface area contributed by atoms with Gasteiger partial charge in [-0.2, -0.15) is 0 Å². The molecule has 2 aliphatic carbocycles. The number of hydrogen-bond donors (Lipinski definition) is 1. The van der Waals surface area contributed by atoms with Gasteiger partial charge < -0.3 is 9.84 Å². The SMILES string of the molecule is CC(C)COC(=O)[C@H]1C2C=CC(C2)[C@@H]1C(=O)O. The van der Waals surface area contributed by atoms with Crippen LogP contribution in [-0.2, 0) is 14.3 Å². The van der Waals surface area contributed by atoms with Gasteiger partial charge in [-0.1, -0.05) is 26.0 Å². The van der Waals surface area contributed by atoms with Crippen LogP contribution in [0.3, 0.4) is 0 Å². The highest BCUT2D eigenvalue weighted by Crippen LogP contribution is 2.48. The number of carbonyl (C=O) groups excluding carboxylic acids is 1. The summed E-state index contributed by atoms with van der Waals surface area (Å²) in [6, 6.07) is 0. The molecular formula is C13H18O4. The van der Waals surface area contributed by atoms with Gasteiger partial charge in [0.15, 0.2) is 0 Å². The molecule has 4 atom stereocenters. The summed E-state index contributed by atoms with van der Waals surface area (Å²) in [5.41, 5.74) is 0. The fourth-order valence-electron chi connectivity index (χ4n) is 2.83. The van der Waals surface area contributed by atoms with E-state index in [0.717, 1.165) is 6.42 Å². The molecule has 2 bridgehead atoms. The van der Waals surface area contributed by atoms with Gasteiger partial charge in [0.1, 0.15) is 0 Å². The standard InChI is InChI=1S/C13H18O4/c1-7(2)6-17-13(16)11-9-4-3-8(5-9)10(11)12(14)15/h3-4,7-11H,5-6H2,1-2H3,(H,14,15)/t8?,9?,10-,11-/m0/s1. The van der Waals surface area contributed by atoms with Gasteiger partial charge in [0.05, 0.1) is 18.4 Å². The van der Waals surface area contributed by atoms with Crippen LogP contribution in [0.5, 0.6) is 0 Å². The molecule has 1 N–H and O–H groups in total. The van der Waals surface area contributed by atoms with E-state index in [0.29, 0.717) is 6.61 Å². The Bertz CT molecular complexity index is 358. The van der Waals surface area contributed by atoms with Crippen molar-refractivity contribution in [3.05, 3.63) is 12.2 Å². The molecule has 4 nitrogen and oxygen atoms in total. The molecule has 0 aromatic carbocycles. The van der Waals surface area contributed by atoms with Crippen LogP contribution in [0.2, 0.25) is 0 Å². The lowest BCUT2D eigenvalue weighted by molar-refractivity contribution is -0.159. The zero-order valence-corrected chi connectivity index (χ0v) is 10.1. The van der Waals surface area contributed by atoms with Gasteiger partial charge in [-0.3, -0.25) is 9.59 Å². The lowest BCUT2D eigenvalue weighted by Crippen LogP contribution is -2.34. The van der Waals surface area contributed by atoms with Crippen LogP contribution in [0.25, 0.3) is 0 Å². The summed E-state index contributed by atoms with van der Waals surface area (Å²) in [7, 11) is 0. The van der Waals surface area contributed by atoms with Crippen molar-refractivity contribution in [2.24, 2.45) is 29.6 Å². The first-order chi connectivity index (χ1) is 8.00. The van der Waals surface area contributed by atoms with Crippen LogP contribution in [0, 0.1) is 29.6 Å². The number of carboxylic acids is 1. The largest absolute Gasteiger partial charge is 0.481 e. The van der Waals surface area contributed by atoms with Gasteiger partial charge in [0, 0.05) is 0 Å². The molecule has 0 saturated heterocycles. The summed E-state index contributed by atoms with van der Waals surface area (Å²) in [6.07, 6.45) is 4.67. The Kier molecular flexibility index (Phi) is 3.22. The maximum absolute atomic E-state index is 11.9. The van der Waals surface area contributed by atoms with Crippen LogP contribution in [0.15, 0.2) is 12.2 Å². The normalized spacial score (nSPS) is 34.3. The zero-order valence-electron chi connectivity index (χ0n) is 10.1. The summed E-state index contributed by atoms with van der Waals surface area (Å²) in [5.74, 6) is -1.96. The Labute approximate surface area is 101 Å². The Hall–Kier alpha value is -1.32. The fraction of sp³-hybridized carbons (Fsp3) is 0.692. The molecule has 17 heavy (non-hydrogen) atoms. The third kappa shape index (κ3) is 2.21. The molecule has 1 fully saturated rings. The van der Waals surface area contributed by atoms with Gasteiger partial charge >= 0.3 is 11.9 Å². The Morgan fingerprint density at radius 3 is 2.41 bits per heavy atom. The molecule has 4 heteroatoms. The topological polar surface area (TPSA) is 63.6 Å². The Morgan fingerprint density at radius 2 is 1.88 bits per heavy atom. The van der Waals surface area contributed by atoms with Crippen molar-refractivity contribution in [1.82, 2.24) is 0 Å². The maximum atomic E-state index is 11.9. The van der Waals surface area contributed by atoms with E-state index in [1.807, 2.05) is 26.0 Å². The molecule has 0 heterocycles. The number of ether oxygens (including phenoxy) is 1. The number of carbonyl (C=O) groups is 2. The van der Waals surface area contributed by atoms with Gasteiger partial charge in [-0.25, -0.2) is 0 Å². The molecule has 1 saturated carbocycles. The molecular weight excluding hydrogens is 220 g/mol. The molecule has 0 radical (unpaired) electrons. The van der Waals surface area contributed by atoms with Crippen LogP contribution in [0.4, 0.5) is 0 Å². The average Bonchev–Trinajstić information content (AvgIpc) is 2.84. The molecule has 0 spiro atoms. The second kappa shape index (κ2) is 4.51. The highest BCUT2D eigenvalue weighted by atomic mass is 16.5. The van der Waals surface area contributed by atoms with Crippen LogP contribution >= 0.6 is 0 Å². The van der Waals surface area contributed by atoms with Crippen molar-refractivity contribution in [2.45, 2.75) is 20.3 Å². The molecule has 0 aromatic rings. The average molecular weight is 238 g/mol. The number of allylic oxidation sites excluding steroid dienone is 2. The van der Waals surface area contributed by atoms with Gasteiger partial charge in [0.2, 0.25) is 0 Å². The third-order valence-corrected chi connectivity index (χ3v) is 3.58. The van der Waals surface area contributed by atoms with Crippen molar-refractivity contribution in [3.8, 4) is 0 Å². The number of carboxylic acid groups (broad SMARTS) is 1. The van der Waals surface area contributed by atoms with Gasteiger partial charge in [0.25, 0.3) is 0 Å². The van der Waals surface area contributed by atoms with Crippen molar-refractivity contribution < 1.29 is 19.4 Å². The van der Waals surface area contributed by atoms with E-state index < -0.39 is 17.8 Å². The zero-order chi connectivity index (χ0) is 12.6. The second-order valence-electron chi connectivity index (χ2n) is 5.36. The molecule has 0 amide bonds. The monoisotopic (exact) mass is 238 g/mol. The van der Waals surface area contributed by atoms with Gasteiger partial charge in [-0.05, 0) is 24.2 Å². The minimum atomic E-state index is -0.881. The summed E-state index contributed by atoms with van der Waals surface area (Å²) < 4.78 is 5.18. The molecule has 2 aliphatic rings. The van der Waals surface area contributed by atoms with Crippen molar-refractivity contribution >= 4 is 11.9 Å². The predicted molar refractivity (Wildman–Crippen MR) is 61.1 cm³/mol. The minimum Gasteiger partial charge on any atom is -0.481 e. The van der Waals surface area contributed by atoms with Gasteiger partial charge in [-0.15, -0.1) is 0 Å². The van der Waals surface area contributed by atoms with E-state index in [2.05, 4.69) is 0 Å². The predicted octanol–water partition coefficient (Wildman–Crippen LogP) is 1.71. The second-order valence-corrected chi connectivity index (χ2v) is 5.36. The first-order valence-electron chi connectivity index (χ1n) is 6.08. The quantitative estimate of drug-likeness (QED) is 0.598. The van der Waals surface area contributed by atoms with Crippen molar-refractivity contribution in [3.63, 3.8) is 0 Å². The van der Waals surface area contributed by atoms with Crippen molar-refractivity contribution in [1.29, 1.82) is 0 Å². The molecule has 0 aromatic heterocycles. The van der Waals surface area contributed by atoms with E-state index in [-0.39, 0.29) is 23.7 Å². The molecule has 2 rings (SSSR count). The van der Waals surface area contributed by atoms with Crippen molar-refractivity contribution in [2.75, 3.05) is 6.61 Å². The minimum absolute atomic E-state index is 0.00843. The first kappa shape index (κ1) is 12.1. The smallest absolute Gasteiger partial charge is 0.310 e. The molecule has 2 unspecified atom stereocenters. The van der Waals surface area contributed by atoms with Crippen LogP contribution < -0.4 is 0 Å². The lowest BCUT2D eigenvalue weighted by atomic mass is 9.83. The number of esters is 1.